The minimum Gasteiger partial charge on any atom is -0.445 e. The summed E-state index contributed by atoms with van der Waals surface area (Å²) in [4.78, 5) is 13.2. The zero-order valence-corrected chi connectivity index (χ0v) is 10.0. The molecule has 1 atom stereocenters. The van der Waals surface area contributed by atoms with Crippen LogP contribution in [-0.2, 0) is 16.1 Å². The standard InChI is InChI=1S/C13H16FNO3/c14-8-12-9-15(6-7-17-12)13(16)18-10-11-4-2-1-3-5-11/h1-5,12H,6-10H2. The summed E-state index contributed by atoms with van der Waals surface area (Å²) in [5, 5.41) is 0. The molecule has 0 radical (unpaired) electrons. The summed E-state index contributed by atoms with van der Waals surface area (Å²) in [6.45, 7) is 0.711. The van der Waals surface area contributed by atoms with Crippen molar-refractivity contribution in [2.24, 2.45) is 0 Å². The van der Waals surface area contributed by atoms with E-state index in [9.17, 15) is 9.18 Å². The molecule has 1 saturated heterocycles. The topological polar surface area (TPSA) is 38.8 Å². The van der Waals surface area contributed by atoms with Gasteiger partial charge in [0.1, 0.15) is 19.4 Å². The van der Waals surface area contributed by atoms with Crippen molar-refractivity contribution in [3.8, 4) is 0 Å². The summed E-state index contributed by atoms with van der Waals surface area (Å²) in [5.41, 5.74) is 0.932. The van der Waals surface area contributed by atoms with E-state index in [-0.39, 0.29) is 13.2 Å². The van der Waals surface area contributed by atoms with Crippen molar-refractivity contribution in [1.29, 1.82) is 0 Å². The maximum absolute atomic E-state index is 12.5. The molecule has 1 aliphatic rings. The second-order valence-electron chi connectivity index (χ2n) is 4.13. The number of benzene rings is 1. The van der Waals surface area contributed by atoms with E-state index in [1.807, 2.05) is 30.3 Å². The monoisotopic (exact) mass is 253 g/mol. The van der Waals surface area contributed by atoms with Gasteiger partial charge in [-0.3, -0.25) is 0 Å². The summed E-state index contributed by atoms with van der Waals surface area (Å²) >= 11 is 0. The second kappa shape index (κ2) is 6.35. The molecule has 2 rings (SSSR count). The number of morpholine rings is 1. The van der Waals surface area contributed by atoms with E-state index in [2.05, 4.69) is 0 Å². The Morgan fingerprint density at radius 3 is 2.94 bits per heavy atom. The lowest BCUT2D eigenvalue weighted by Gasteiger charge is -2.30. The van der Waals surface area contributed by atoms with Crippen LogP contribution in [0.1, 0.15) is 5.56 Å². The SMILES string of the molecule is O=C(OCc1ccccc1)N1CCOC(CF)C1. The second-order valence-corrected chi connectivity index (χ2v) is 4.13. The lowest BCUT2D eigenvalue weighted by molar-refractivity contribution is -0.0373. The Bertz CT molecular complexity index is 385. The number of hydrogen-bond donors (Lipinski definition) is 0. The number of carbonyl (C=O) groups is 1. The summed E-state index contributed by atoms with van der Waals surface area (Å²) < 4.78 is 22.8. The van der Waals surface area contributed by atoms with Crippen LogP contribution in [-0.4, -0.2) is 43.5 Å². The smallest absolute Gasteiger partial charge is 0.410 e. The van der Waals surface area contributed by atoms with Crippen LogP contribution in [0.4, 0.5) is 9.18 Å². The maximum atomic E-state index is 12.5. The van der Waals surface area contributed by atoms with Gasteiger partial charge in [-0.25, -0.2) is 9.18 Å². The van der Waals surface area contributed by atoms with Gasteiger partial charge < -0.3 is 14.4 Å². The van der Waals surface area contributed by atoms with E-state index < -0.39 is 18.9 Å². The van der Waals surface area contributed by atoms with Crippen LogP contribution in [0.2, 0.25) is 0 Å². The summed E-state index contributed by atoms with van der Waals surface area (Å²) in [5.74, 6) is 0. The fraction of sp³-hybridized carbons (Fsp3) is 0.462. The first-order valence-corrected chi connectivity index (χ1v) is 5.93. The van der Waals surface area contributed by atoms with Gasteiger partial charge in [-0.1, -0.05) is 30.3 Å². The molecule has 5 heteroatoms. The molecule has 4 nitrogen and oxygen atoms in total. The zero-order valence-electron chi connectivity index (χ0n) is 10.0. The largest absolute Gasteiger partial charge is 0.445 e. The minimum atomic E-state index is -0.581. The van der Waals surface area contributed by atoms with Gasteiger partial charge in [0.15, 0.2) is 0 Å². The number of nitrogens with zero attached hydrogens (tertiary/aromatic N) is 1. The van der Waals surface area contributed by atoms with Gasteiger partial charge in [0.25, 0.3) is 0 Å². The summed E-state index contributed by atoms with van der Waals surface area (Å²) in [6.07, 6.45) is -0.941. The molecule has 0 bridgehead atoms. The Morgan fingerprint density at radius 2 is 2.22 bits per heavy atom. The number of hydrogen-bond acceptors (Lipinski definition) is 3. The van der Waals surface area contributed by atoms with Crippen molar-refractivity contribution in [3.05, 3.63) is 35.9 Å². The highest BCUT2D eigenvalue weighted by Crippen LogP contribution is 2.09. The van der Waals surface area contributed by atoms with Crippen molar-refractivity contribution < 1.29 is 18.7 Å². The van der Waals surface area contributed by atoms with Crippen LogP contribution in [0.5, 0.6) is 0 Å². The summed E-state index contributed by atoms with van der Waals surface area (Å²) in [6, 6.07) is 9.45. The van der Waals surface area contributed by atoms with Crippen molar-refractivity contribution in [2.45, 2.75) is 12.7 Å². The van der Waals surface area contributed by atoms with E-state index in [4.69, 9.17) is 9.47 Å². The molecule has 98 valence electrons. The first-order valence-electron chi connectivity index (χ1n) is 5.93. The van der Waals surface area contributed by atoms with Gasteiger partial charge in [0.2, 0.25) is 0 Å². The highest BCUT2D eigenvalue weighted by atomic mass is 19.1. The number of ether oxygens (including phenoxy) is 2. The highest BCUT2D eigenvalue weighted by molar-refractivity contribution is 5.67. The molecule has 0 saturated carbocycles. The van der Waals surface area contributed by atoms with E-state index in [1.165, 1.54) is 4.90 Å². The van der Waals surface area contributed by atoms with Gasteiger partial charge in [-0.2, -0.15) is 0 Å². The molecule has 1 aromatic rings. The van der Waals surface area contributed by atoms with Crippen LogP contribution in [0.15, 0.2) is 30.3 Å². The molecule has 1 heterocycles. The minimum absolute atomic E-state index is 0.233. The Morgan fingerprint density at radius 1 is 1.44 bits per heavy atom. The lowest BCUT2D eigenvalue weighted by atomic mass is 10.2. The molecule has 0 aliphatic carbocycles. The molecular weight excluding hydrogens is 237 g/mol. The van der Waals surface area contributed by atoms with Gasteiger partial charge in [0.05, 0.1) is 13.2 Å². The highest BCUT2D eigenvalue weighted by Gasteiger charge is 2.25. The Hall–Kier alpha value is -1.62. The third-order valence-corrected chi connectivity index (χ3v) is 2.77. The molecule has 1 aliphatic heterocycles. The molecule has 1 fully saturated rings. The van der Waals surface area contributed by atoms with Crippen molar-refractivity contribution in [1.82, 2.24) is 4.90 Å². The number of carbonyl (C=O) groups excluding carboxylic acids is 1. The van der Waals surface area contributed by atoms with Crippen LogP contribution in [0.25, 0.3) is 0 Å². The van der Waals surface area contributed by atoms with Gasteiger partial charge >= 0.3 is 6.09 Å². The summed E-state index contributed by atoms with van der Waals surface area (Å²) in [7, 11) is 0. The number of amides is 1. The van der Waals surface area contributed by atoms with Crippen LogP contribution in [0, 0.1) is 0 Å². The lowest BCUT2D eigenvalue weighted by Crippen LogP contribution is -2.46. The van der Waals surface area contributed by atoms with Crippen LogP contribution >= 0.6 is 0 Å². The predicted octanol–water partition coefficient (Wildman–Crippen LogP) is 1.99. The first kappa shape index (κ1) is 12.8. The van der Waals surface area contributed by atoms with Crippen molar-refractivity contribution in [2.75, 3.05) is 26.4 Å². The fourth-order valence-corrected chi connectivity index (χ4v) is 1.79. The van der Waals surface area contributed by atoms with Gasteiger partial charge in [-0.05, 0) is 5.56 Å². The molecule has 1 aromatic carbocycles. The maximum Gasteiger partial charge on any atom is 0.410 e. The first-order chi connectivity index (χ1) is 8.79. The molecule has 0 aromatic heterocycles. The third kappa shape index (κ3) is 3.43. The molecule has 0 spiro atoms. The van der Waals surface area contributed by atoms with Crippen LogP contribution in [0.3, 0.4) is 0 Å². The number of halogens is 1. The third-order valence-electron chi connectivity index (χ3n) is 2.77. The predicted molar refractivity (Wildman–Crippen MR) is 63.9 cm³/mol. The van der Waals surface area contributed by atoms with Crippen molar-refractivity contribution >= 4 is 6.09 Å². The van der Waals surface area contributed by atoms with Gasteiger partial charge in [-0.15, -0.1) is 0 Å². The Balaban J connectivity index is 1.81. The Kier molecular flexibility index (Phi) is 4.52. The Labute approximate surface area is 105 Å². The quantitative estimate of drug-likeness (QED) is 0.827. The van der Waals surface area contributed by atoms with E-state index in [0.29, 0.717) is 13.2 Å². The van der Waals surface area contributed by atoms with E-state index in [0.717, 1.165) is 5.56 Å². The average molecular weight is 253 g/mol. The van der Waals surface area contributed by atoms with E-state index >= 15 is 0 Å². The number of alkyl halides is 1. The molecule has 1 amide bonds. The molecule has 1 unspecified atom stereocenters. The number of rotatable bonds is 3. The average Bonchev–Trinajstić information content (AvgIpc) is 2.46. The molecule has 0 N–H and O–H groups in total. The molecule has 18 heavy (non-hydrogen) atoms. The normalized spacial score (nSPS) is 19.6. The van der Waals surface area contributed by atoms with Crippen LogP contribution < -0.4 is 0 Å². The van der Waals surface area contributed by atoms with Gasteiger partial charge in [0, 0.05) is 6.54 Å². The molecular formula is C13H16FNO3. The van der Waals surface area contributed by atoms with Crippen molar-refractivity contribution in [3.63, 3.8) is 0 Å². The van der Waals surface area contributed by atoms with E-state index in [1.54, 1.807) is 0 Å². The fourth-order valence-electron chi connectivity index (χ4n) is 1.79. The zero-order chi connectivity index (χ0) is 12.8.